The standard InChI is InChI=1S/C21H21F3N2O4/c22-21(23,24)18-8-15(6-7-25-18)20(28)9-16-12-29-13-17(10-20)26(16)19(27)30-11-14-4-2-1-3-5-14/h1-8,16-17,28H,9-13H2. The summed E-state index contributed by atoms with van der Waals surface area (Å²) < 4.78 is 50.1. The number of amides is 1. The second-order valence-corrected chi connectivity index (χ2v) is 7.66. The topological polar surface area (TPSA) is 71.9 Å². The van der Waals surface area contributed by atoms with Crippen molar-refractivity contribution in [1.29, 1.82) is 0 Å². The van der Waals surface area contributed by atoms with Gasteiger partial charge in [-0.15, -0.1) is 0 Å². The molecule has 3 heterocycles. The number of halogens is 3. The van der Waals surface area contributed by atoms with E-state index in [1.165, 1.54) is 6.07 Å². The lowest BCUT2D eigenvalue weighted by atomic mass is 9.77. The van der Waals surface area contributed by atoms with Crippen molar-refractivity contribution in [1.82, 2.24) is 9.88 Å². The maximum atomic E-state index is 13.0. The molecule has 2 fully saturated rings. The van der Waals surface area contributed by atoms with Crippen molar-refractivity contribution in [2.45, 2.75) is 43.3 Å². The van der Waals surface area contributed by atoms with Crippen molar-refractivity contribution in [3.63, 3.8) is 0 Å². The quantitative estimate of drug-likeness (QED) is 0.820. The van der Waals surface area contributed by atoms with E-state index in [0.29, 0.717) is 0 Å². The number of ether oxygens (including phenoxy) is 2. The molecule has 0 saturated carbocycles. The predicted molar refractivity (Wildman–Crippen MR) is 99.2 cm³/mol. The van der Waals surface area contributed by atoms with Crippen LogP contribution in [0, 0.1) is 0 Å². The third kappa shape index (κ3) is 4.13. The van der Waals surface area contributed by atoms with Gasteiger partial charge in [0.15, 0.2) is 0 Å². The number of fused-ring (bicyclic) bond motifs is 2. The first-order valence-electron chi connectivity index (χ1n) is 9.59. The number of rotatable bonds is 3. The number of piperidine rings is 1. The fourth-order valence-electron chi connectivity index (χ4n) is 4.18. The molecule has 2 aliphatic heterocycles. The molecule has 2 atom stereocenters. The third-order valence-electron chi connectivity index (χ3n) is 5.56. The lowest BCUT2D eigenvalue weighted by molar-refractivity contribution is -0.143. The summed E-state index contributed by atoms with van der Waals surface area (Å²) in [6, 6.07) is 10.5. The Labute approximate surface area is 171 Å². The Morgan fingerprint density at radius 1 is 1.20 bits per heavy atom. The number of morpholine rings is 1. The maximum absolute atomic E-state index is 13.0. The van der Waals surface area contributed by atoms with E-state index in [4.69, 9.17) is 9.47 Å². The van der Waals surface area contributed by atoms with Crippen molar-refractivity contribution in [3.8, 4) is 0 Å². The van der Waals surface area contributed by atoms with E-state index in [1.54, 1.807) is 4.90 Å². The van der Waals surface area contributed by atoms with Gasteiger partial charge < -0.3 is 14.6 Å². The number of aliphatic hydroxyl groups is 1. The van der Waals surface area contributed by atoms with E-state index in [1.807, 2.05) is 30.3 Å². The van der Waals surface area contributed by atoms with Crippen LogP contribution < -0.4 is 0 Å². The zero-order chi connectivity index (χ0) is 21.4. The molecule has 30 heavy (non-hydrogen) atoms. The minimum atomic E-state index is -4.60. The van der Waals surface area contributed by atoms with Crippen LogP contribution in [-0.2, 0) is 27.9 Å². The molecular weight excluding hydrogens is 401 g/mol. The van der Waals surface area contributed by atoms with Crippen LogP contribution in [0.2, 0.25) is 0 Å². The molecule has 9 heteroatoms. The Kier molecular flexibility index (Phi) is 5.42. The van der Waals surface area contributed by atoms with Gasteiger partial charge in [0.05, 0.1) is 30.9 Å². The van der Waals surface area contributed by atoms with Crippen LogP contribution in [-0.4, -0.2) is 46.4 Å². The normalized spacial score (nSPS) is 26.3. The summed E-state index contributed by atoms with van der Waals surface area (Å²) in [4.78, 5) is 17.6. The number of aromatic nitrogens is 1. The van der Waals surface area contributed by atoms with E-state index in [2.05, 4.69) is 4.98 Å². The Hall–Kier alpha value is -2.65. The van der Waals surface area contributed by atoms with Gasteiger partial charge in [-0.05, 0) is 23.3 Å². The lowest BCUT2D eigenvalue weighted by Gasteiger charge is -2.51. The highest BCUT2D eigenvalue weighted by Gasteiger charge is 2.50. The molecule has 4 rings (SSSR count). The number of carbonyl (C=O) groups is 1. The van der Waals surface area contributed by atoms with Gasteiger partial charge in [0.2, 0.25) is 0 Å². The van der Waals surface area contributed by atoms with Crippen molar-refractivity contribution < 1.29 is 32.5 Å². The Balaban J connectivity index is 1.51. The number of pyridine rings is 1. The molecule has 2 unspecified atom stereocenters. The maximum Gasteiger partial charge on any atom is 0.433 e. The number of carbonyl (C=O) groups excluding carboxylic acids is 1. The molecule has 6 nitrogen and oxygen atoms in total. The molecule has 2 bridgehead atoms. The molecule has 1 aromatic heterocycles. The fourth-order valence-corrected chi connectivity index (χ4v) is 4.18. The van der Waals surface area contributed by atoms with Crippen LogP contribution >= 0.6 is 0 Å². The minimum absolute atomic E-state index is 0.0469. The van der Waals surface area contributed by atoms with Crippen molar-refractivity contribution in [3.05, 3.63) is 65.5 Å². The van der Waals surface area contributed by atoms with Crippen LogP contribution in [0.15, 0.2) is 48.7 Å². The average Bonchev–Trinajstić information content (AvgIpc) is 2.72. The molecule has 160 valence electrons. The monoisotopic (exact) mass is 422 g/mol. The summed E-state index contributed by atoms with van der Waals surface area (Å²) in [7, 11) is 0. The molecule has 0 spiro atoms. The highest BCUT2D eigenvalue weighted by Crippen LogP contribution is 2.42. The molecule has 1 aromatic carbocycles. The molecule has 2 aliphatic rings. The largest absolute Gasteiger partial charge is 0.445 e. The van der Waals surface area contributed by atoms with Gasteiger partial charge in [-0.2, -0.15) is 13.2 Å². The van der Waals surface area contributed by atoms with E-state index in [0.717, 1.165) is 17.8 Å². The lowest BCUT2D eigenvalue weighted by Crippen LogP contribution is -2.62. The number of benzene rings is 1. The number of hydrogen-bond acceptors (Lipinski definition) is 5. The van der Waals surface area contributed by atoms with Crippen LogP contribution in [0.3, 0.4) is 0 Å². The average molecular weight is 422 g/mol. The van der Waals surface area contributed by atoms with Gasteiger partial charge in [-0.3, -0.25) is 9.88 Å². The summed E-state index contributed by atoms with van der Waals surface area (Å²) in [6.07, 6.45) is -3.99. The van der Waals surface area contributed by atoms with Crippen LogP contribution in [0.4, 0.5) is 18.0 Å². The van der Waals surface area contributed by atoms with Gasteiger partial charge in [0.25, 0.3) is 0 Å². The molecule has 2 saturated heterocycles. The summed E-state index contributed by atoms with van der Waals surface area (Å²) in [6.45, 7) is 0.465. The summed E-state index contributed by atoms with van der Waals surface area (Å²) in [5.41, 5.74) is -1.59. The number of hydrogen-bond donors (Lipinski definition) is 1. The highest BCUT2D eigenvalue weighted by molar-refractivity contribution is 5.69. The molecule has 0 aliphatic carbocycles. The zero-order valence-corrected chi connectivity index (χ0v) is 16.0. The summed E-state index contributed by atoms with van der Waals surface area (Å²) in [5.74, 6) is 0. The molecule has 2 aromatic rings. The van der Waals surface area contributed by atoms with Crippen molar-refractivity contribution in [2.75, 3.05) is 13.2 Å². The number of nitrogens with zero attached hydrogens (tertiary/aromatic N) is 2. The van der Waals surface area contributed by atoms with Crippen molar-refractivity contribution in [2.24, 2.45) is 0 Å². The molecule has 1 amide bonds. The predicted octanol–water partition coefficient (Wildman–Crippen LogP) is 3.49. The second-order valence-electron chi connectivity index (χ2n) is 7.66. The van der Waals surface area contributed by atoms with Gasteiger partial charge >= 0.3 is 12.3 Å². The van der Waals surface area contributed by atoms with E-state index >= 15 is 0 Å². The highest BCUT2D eigenvalue weighted by atomic mass is 19.4. The molecule has 1 N–H and O–H groups in total. The summed E-state index contributed by atoms with van der Waals surface area (Å²) in [5, 5.41) is 11.2. The Morgan fingerprint density at radius 2 is 1.87 bits per heavy atom. The van der Waals surface area contributed by atoms with Crippen LogP contribution in [0.25, 0.3) is 0 Å². The van der Waals surface area contributed by atoms with E-state index < -0.39 is 35.6 Å². The summed E-state index contributed by atoms with van der Waals surface area (Å²) >= 11 is 0. The first kappa shape index (κ1) is 20.6. The van der Waals surface area contributed by atoms with Gasteiger partial charge in [-0.1, -0.05) is 30.3 Å². The van der Waals surface area contributed by atoms with Crippen molar-refractivity contribution >= 4 is 6.09 Å². The second kappa shape index (κ2) is 7.88. The molecular formula is C21H21F3N2O4. The minimum Gasteiger partial charge on any atom is -0.445 e. The van der Waals surface area contributed by atoms with E-state index in [-0.39, 0.29) is 38.2 Å². The van der Waals surface area contributed by atoms with E-state index in [9.17, 15) is 23.1 Å². The Morgan fingerprint density at radius 3 is 2.50 bits per heavy atom. The van der Waals surface area contributed by atoms with Gasteiger partial charge in [0.1, 0.15) is 12.3 Å². The van der Waals surface area contributed by atoms with Crippen LogP contribution in [0.5, 0.6) is 0 Å². The Bertz CT molecular complexity index is 893. The number of alkyl halides is 3. The smallest absolute Gasteiger partial charge is 0.433 e. The van der Waals surface area contributed by atoms with Gasteiger partial charge in [-0.25, -0.2) is 4.79 Å². The zero-order valence-electron chi connectivity index (χ0n) is 16.0. The first-order chi connectivity index (χ1) is 14.3. The molecule has 0 radical (unpaired) electrons. The van der Waals surface area contributed by atoms with Crippen LogP contribution in [0.1, 0.15) is 29.7 Å². The third-order valence-corrected chi connectivity index (χ3v) is 5.56. The SMILES string of the molecule is O=C(OCc1ccccc1)N1C2COCC1CC(O)(c1ccnc(C(F)(F)F)c1)C2. The van der Waals surface area contributed by atoms with Gasteiger partial charge in [0, 0.05) is 19.0 Å². The fraction of sp³-hybridized carbons (Fsp3) is 0.429. The first-order valence-corrected chi connectivity index (χ1v) is 9.59.